The first-order valence-electron chi connectivity index (χ1n) is 10.3. The van der Waals surface area contributed by atoms with Crippen LogP contribution in [0.3, 0.4) is 0 Å². The fraction of sp³-hybridized carbons (Fsp3) is 0.500. The summed E-state index contributed by atoms with van der Waals surface area (Å²) in [6.07, 6.45) is 2.75. The summed E-state index contributed by atoms with van der Waals surface area (Å²) in [5.41, 5.74) is 2.22. The number of amides is 1. The monoisotopic (exact) mass is 398 g/mol. The van der Waals surface area contributed by atoms with Gasteiger partial charge >= 0.3 is 0 Å². The number of rotatable bonds is 5. The van der Waals surface area contributed by atoms with Gasteiger partial charge in [-0.25, -0.2) is 9.49 Å². The Kier molecular flexibility index (Phi) is 5.50. The Morgan fingerprint density at radius 1 is 1.21 bits per heavy atom. The van der Waals surface area contributed by atoms with Gasteiger partial charge in [0.05, 0.1) is 11.3 Å². The fourth-order valence-corrected chi connectivity index (χ4v) is 4.26. The van der Waals surface area contributed by atoms with Crippen LogP contribution in [0.4, 0.5) is 4.39 Å². The SMILES string of the molecule is Cc1c(Cc2cccc(C(=O)N3CC(CN4CCCC4)C3)c2F)n[nH]c(=O)c1C. The first-order valence-corrected chi connectivity index (χ1v) is 10.3. The summed E-state index contributed by atoms with van der Waals surface area (Å²) in [5, 5.41) is 6.52. The first-order chi connectivity index (χ1) is 13.9. The topological polar surface area (TPSA) is 69.3 Å². The number of halogens is 1. The third-order valence-electron chi connectivity index (χ3n) is 6.25. The molecule has 2 saturated heterocycles. The number of carbonyl (C=O) groups is 1. The van der Waals surface area contributed by atoms with E-state index in [1.165, 1.54) is 12.8 Å². The summed E-state index contributed by atoms with van der Waals surface area (Å²) >= 11 is 0. The molecular formula is C22H27FN4O2. The Balaban J connectivity index is 1.45. The Hall–Kier alpha value is -2.54. The highest BCUT2D eigenvalue weighted by Gasteiger charge is 2.34. The molecule has 6 nitrogen and oxygen atoms in total. The lowest BCUT2D eigenvalue weighted by molar-refractivity contribution is 0.0428. The minimum Gasteiger partial charge on any atom is -0.338 e. The van der Waals surface area contributed by atoms with Crippen molar-refractivity contribution in [1.29, 1.82) is 0 Å². The van der Waals surface area contributed by atoms with Crippen molar-refractivity contribution in [3.05, 3.63) is 62.3 Å². The van der Waals surface area contributed by atoms with Gasteiger partial charge in [-0.3, -0.25) is 9.59 Å². The van der Waals surface area contributed by atoms with E-state index in [9.17, 15) is 9.59 Å². The fourth-order valence-electron chi connectivity index (χ4n) is 4.26. The van der Waals surface area contributed by atoms with E-state index in [2.05, 4.69) is 15.1 Å². The number of benzene rings is 1. The predicted molar refractivity (Wildman–Crippen MR) is 109 cm³/mol. The summed E-state index contributed by atoms with van der Waals surface area (Å²) in [7, 11) is 0. The van der Waals surface area contributed by atoms with Crippen molar-refractivity contribution in [1.82, 2.24) is 20.0 Å². The number of carbonyl (C=O) groups excluding carboxylic acids is 1. The van der Waals surface area contributed by atoms with Gasteiger partial charge in [0.25, 0.3) is 11.5 Å². The van der Waals surface area contributed by atoms with Crippen LogP contribution in [0.15, 0.2) is 23.0 Å². The molecule has 1 aromatic heterocycles. The Morgan fingerprint density at radius 3 is 2.66 bits per heavy atom. The third kappa shape index (κ3) is 3.96. The molecular weight excluding hydrogens is 371 g/mol. The lowest BCUT2D eigenvalue weighted by Crippen LogP contribution is -2.53. The van der Waals surface area contributed by atoms with Crippen LogP contribution in [-0.4, -0.2) is 58.6 Å². The zero-order chi connectivity index (χ0) is 20.5. The number of likely N-dealkylation sites (tertiary alicyclic amines) is 2. The van der Waals surface area contributed by atoms with E-state index in [0.29, 0.717) is 35.8 Å². The smallest absolute Gasteiger partial charge is 0.267 e. The van der Waals surface area contributed by atoms with Crippen LogP contribution in [0.25, 0.3) is 0 Å². The molecule has 2 aromatic rings. The molecule has 7 heteroatoms. The second-order valence-corrected chi connectivity index (χ2v) is 8.29. The zero-order valence-corrected chi connectivity index (χ0v) is 17.0. The normalized spacial score (nSPS) is 17.6. The van der Waals surface area contributed by atoms with Gasteiger partial charge in [0.1, 0.15) is 5.82 Å². The molecule has 1 aromatic carbocycles. The standard InChI is InChI=1S/C22H27FN4O2/c1-14-15(2)21(28)25-24-19(14)10-17-6-5-7-18(20(17)23)22(29)27-12-16(13-27)11-26-8-3-4-9-26/h5-7,16H,3-4,8-13H2,1-2H3,(H,25,28). The molecule has 2 aliphatic heterocycles. The number of hydrogen-bond donors (Lipinski definition) is 1. The highest BCUT2D eigenvalue weighted by molar-refractivity contribution is 5.95. The number of nitrogens with zero attached hydrogens (tertiary/aromatic N) is 3. The van der Waals surface area contributed by atoms with Gasteiger partial charge in [0.15, 0.2) is 0 Å². The molecule has 3 heterocycles. The van der Waals surface area contributed by atoms with E-state index >= 15 is 4.39 Å². The maximum atomic E-state index is 15.1. The van der Waals surface area contributed by atoms with E-state index in [1.807, 2.05) is 0 Å². The van der Waals surface area contributed by atoms with Gasteiger partial charge in [-0.1, -0.05) is 12.1 Å². The van der Waals surface area contributed by atoms with Crippen LogP contribution >= 0.6 is 0 Å². The van der Waals surface area contributed by atoms with Crippen molar-refractivity contribution in [3.8, 4) is 0 Å². The Morgan fingerprint density at radius 2 is 1.93 bits per heavy atom. The molecule has 0 spiro atoms. The molecule has 1 amide bonds. The third-order valence-corrected chi connectivity index (χ3v) is 6.25. The van der Waals surface area contributed by atoms with E-state index in [0.717, 1.165) is 25.2 Å². The summed E-state index contributed by atoms with van der Waals surface area (Å²) in [5.74, 6) is -0.255. The summed E-state index contributed by atoms with van der Waals surface area (Å²) < 4.78 is 15.1. The van der Waals surface area contributed by atoms with Crippen molar-refractivity contribution >= 4 is 5.91 Å². The molecule has 1 N–H and O–H groups in total. The molecule has 0 bridgehead atoms. The van der Waals surface area contributed by atoms with Crippen molar-refractivity contribution in [2.45, 2.75) is 33.1 Å². The molecule has 0 saturated carbocycles. The van der Waals surface area contributed by atoms with Crippen LogP contribution < -0.4 is 5.56 Å². The zero-order valence-electron chi connectivity index (χ0n) is 17.0. The summed E-state index contributed by atoms with van der Waals surface area (Å²) in [4.78, 5) is 28.7. The second kappa shape index (κ2) is 8.06. The quantitative estimate of drug-likeness (QED) is 0.839. The minimum atomic E-state index is -0.495. The molecule has 0 radical (unpaired) electrons. The summed E-state index contributed by atoms with van der Waals surface area (Å²) in [6.45, 7) is 8.25. The van der Waals surface area contributed by atoms with Crippen LogP contribution in [0.5, 0.6) is 0 Å². The molecule has 29 heavy (non-hydrogen) atoms. The van der Waals surface area contributed by atoms with Crippen molar-refractivity contribution in [2.75, 3.05) is 32.7 Å². The van der Waals surface area contributed by atoms with E-state index < -0.39 is 5.82 Å². The average Bonchev–Trinajstić information content (AvgIpc) is 3.19. The molecule has 0 unspecified atom stereocenters. The maximum Gasteiger partial charge on any atom is 0.267 e. The second-order valence-electron chi connectivity index (χ2n) is 8.29. The van der Waals surface area contributed by atoms with Crippen molar-refractivity contribution in [3.63, 3.8) is 0 Å². The van der Waals surface area contributed by atoms with E-state index in [-0.39, 0.29) is 23.5 Å². The van der Waals surface area contributed by atoms with Gasteiger partial charge in [-0.2, -0.15) is 5.10 Å². The molecule has 0 aliphatic carbocycles. The maximum absolute atomic E-state index is 15.1. The number of nitrogens with one attached hydrogen (secondary N) is 1. The number of aromatic nitrogens is 2. The number of hydrogen-bond acceptors (Lipinski definition) is 4. The van der Waals surface area contributed by atoms with Gasteiger partial charge in [-0.15, -0.1) is 0 Å². The lowest BCUT2D eigenvalue weighted by Gasteiger charge is -2.41. The van der Waals surface area contributed by atoms with E-state index in [1.54, 1.807) is 36.9 Å². The molecule has 4 rings (SSSR count). The highest BCUT2D eigenvalue weighted by Crippen LogP contribution is 2.24. The highest BCUT2D eigenvalue weighted by atomic mass is 19.1. The average molecular weight is 398 g/mol. The van der Waals surface area contributed by atoms with Gasteiger partial charge < -0.3 is 9.80 Å². The Labute approximate surface area is 169 Å². The number of aromatic amines is 1. The van der Waals surface area contributed by atoms with Gasteiger partial charge in [0.2, 0.25) is 0 Å². The van der Waals surface area contributed by atoms with E-state index in [4.69, 9.17) is 0 Å². The number of H-pyrrole nitrogens is 1. The van der Waals surface area contributed by atoms with Gasteiger partial charge in [0, 0.05) is 37.5 Å². The first kappa shape index (κ1) is 19.8. The predicted octanol–water partition coefficient (Wildman–Crippen LogP) is 2.28. The Bertz CT molecular complexity index is 975. The minimum absolute atomic E-state index is 0.112. The summed E-state index contributed by atoms with van der Waals surface area (Å²) in [6, 6.07) is 4.92. The van der Waals surface area contributed by atoms with Crippen LogP contribution in [0.2, 0.25) is 0 Å². The van der Waals surface area contributed by atoms with Crippen molar-refractivity contribution in [2.24, 2.45) is 5.92 Å². The van der Waals surface area contributed by atoms with Crippen LogP contribution in [0.1, 0.15) is 45.6 Å². The molecule has 2 fully saturated rings. The van der Waals surface area contributed by atoms with Crippen LogP contribution in [-0.2, 0) is 6.42 Å². The van der Waals surface area contributed by atoms with Gasteiger partial charge in [-0.05, 0) is 57.0 Å². The van der Waals surface area contributed by atoms with Crippen molar-refractivity contribution < 1.29 is 9.18 Å². The molecule has 0 atom stereocenters. The van der Waals surface area contributed by atoms with Crippen LogP contribution in [0, 0.1) is 25.6 Å². The lowest BCUT2D eigenvalue weighted by atomic mass is 9.96. The largest absolute Gasteiger partial charge is 0.338 e. The molecule has 2 aliphatic rings. The molecule has 154 valence electrons.